The summed E-state index contributed by atoms with van der Waals surface area (Å²) in [6.45, 7) is 2.74. The average Bonchev–Trinajstić information content (AvgIpc) is 2.36. The minimum atomic E-state index is -0.360. The fourth-order valence-electron chi connectivity index (χ4n) is 2.47. The molecule has 0 bridgehead atoms. The normalized spacial score (nSPS) is 28.8. The lowest BCUT2D eigenvalue weighted by atomic mass is 9.76. The van der Waals surface area contributed by atoms with Gasteiger partial charge in [0.25, 0.3) is 0 Å². The molecule has 4 heteroatoms. The van der Waals surface area contributed by atoms with Crippen LogP contribution in [0.5, 0.6) is 0 Å². The number of carbonyl (C=O) groups is 1. The fourth-order valence-corrected chi connectivity index (χ4v) is 2.47. The molecule has 0 spiro atoms. The maximum Gasteiger partial charge on any atom is 0.225 e. The molecule has 1 rings (SSSR count). The molecule has 0 atom stereocenters. The zero-order valence-electron chi connectivity index (χ0n) is 11.4. The molecule has 0 N–H and O–H groups in total. The van der Waals surface area contributed by atoms with E-state index in [-0.39, 0.29) is 17.4 Å². The Balaban J connectivity index is 2.62. The second-order valence-electron chi connectivity index (χ2n) is 5.16. The molecule has 4 nitrogen and oxygen atoms in total. The van der Waals surface area contributed by atoms with Gasteiger partial charge in [0.15, 0.2) is 0 Å². The van der Waals surface area contributed by atoms with Gasteiger partial charge in [0.05, 0.1) is 6.07 Å². The third-order valence-corrected chi connectivity index (χ3v) is 4.08. The quantitative estimate of drug-likeness (QED) is 0.747. The van der Waals surface area contributed by atoms with E-state index < -0.39 is 0 Å². The van der Waals surface area contributed by atoms with Gasteiger partial charge >= 0.3 is 0 Å². The first-order valence-corrected chi connectivity index (χ1v) is 6.30. The van der Waals surface area contributed by atoms with Gasteiger partial charge in [0.1, 0.15) is 5.54 Å². The molecular formula is C13H23N3O. The Morgan fingerprint density at radius 3 is 2.24 bits per heavy atom. The lowest BCUT2D eigenvalue weighted by Gasteiger charge is -2.39. The highest BCUT2D eigenvalue weighted by atomic mass is 16.2. The Morgan fingerprint density at radius 2 is 1.88 bits per heavy atom. The smallest absolute Gasteiger partial charge is 0.225 e. The Bertz CT molecular complexity index is 311. The lowest BCUT2D eigenvalue weighted by molar-refractivity contribution is -0.135. The van der Waals surface area contributed by atoms with Gasteiger partial charge in [-0.3, -0.25) is 9.69 Å². The third-order valence-electron chi connectivity index (χ3n) is 4.08. The topological polar surface area (TPSA) is 47.3 Å². The van der Waals surface area contributed by atoms with Gasteiger partial charge in [0.2, 0.25) is 5.91 Å². The molecule has 1 amide bonds. The predicted molar refractivity (Wildman–Crippen MR) is 67.3 cm³/mol. The molecule has 0 radical (unpaired) electrons. The molecule has 0 aromatic rings. The van der Waals surface area contributed by atoms with Crippen molar-refractivity contribution >= 4 is 5.91 Å². The molecule has 0 aliphatic heterocycles. The first-order chi connectivity index (χ1) is 7.96. The molecule has 1 aliphatic rings. The Morgan fingerprint density at radius 1 is 1.35 bits per heavy atom. The summed E-state index contributed by atoms with van der Waals surface area (Å²) in [6.07, 6.45) is 3.25. The minimum Gasteiger partial charge on any atom is -0.346 e. The molecule has 0 aromatic carbocycles. The SMILES string of the molecule is CCN(C)C(=O)C1CCC(C#N)(N(C)C)CC1. The molecule has 96 valence electrons. The number of nitrogens with zero attached hydrogens (tertiary/aromatic N) is 3. The van der Waals surface area contributed by atoms with Crippen LogP contribution in [-0.4, -0.2) is 48.9 Å². The maximum atomic E-state index is 12.0. The number of nitriles is 1. The van der Waals surface area contributed by atoms with Crippen molar-refractivity contribution in [2.24, 2.45) is 5.92 Å². The van der Waals surface area contributed by atoms with Gasteiger partial charge < -0.3 is 4.90 Å². The van der Waals surface area contributed by atoms with Crippen molar-refractivity contribution in [3.05, 3.63) is 0 Å². The zero-order valence-corrected chi connectivity index (χ0v) is 11.4. The standard InChI is InChI=1S/C13H23N3O/c1-5-16(4)12(17)11-6-8-13(10-14,9-7-11)15(2)3/h11H,5-9H2,1-4H3. The van der Waals surface area contributed by atoms with E-state index in [1.807, 2.05) is 33.0 Å². The van der Waals surface area contributed by atoms with Crippen molar-refractivity contribution in [2.45, 2.75) is 38.1 Å². The van der Waals surface area contributed by atoms with E-state index >= 15 is 0 Å². The van der Waals surface area contributed by atoms with Gasteiger partial charge in [-0.25, -0.2) is 0 Å². The van der Waals surface area contributed by atoms with Crippen LogP contribution in [-0.2, 0) is 4.79 Å². The first kappa shape index (κ1) is 14.0. The van der Waals surface area contributed by atoms with Crippen LogP contribution < -0.4 is 0 Å². The molecule has 1 fully saturated rings. The Hall–Kier alpha value is -1.08. The summed E-state index contributed by atoms with van der Waals surface area (Å²) in [4.78, 5) is 15.8. The van der Waals surface area contributed by atoms with E-state index in [0.717, 1.165) is 32.2 Å². The van der Waals surface area contributed by atoms with Gasteiger partial charge in [-0.2, -0.15) is 5.26 Å². The van der Waals surface area contributed by atoms with Crippen LogP contribution >= 0.6 is 0 Å². The van der Waals surface area contributed by atoms with Crippen LogP contribution in [0, 0.1) is 17.2 Å². The summed E-state index contributed by atoms with van der Waals surface area (Å²) >= 11 is 0. The van der Waals surface area contributed by atoms with Crippen LogP contribution in [0.3, 0.4) is 0 Å². The van der Waals surface area contributed by atoms with Gasteiger partial charge in [-0.1, -0.05) is 0 Å². The molecule has 0 saturated heterocycles. The summed E-state index contributed by atoms with van der Waals surface area (Å²) in [5.41, 5.74) is -0.360. The third kappa shape index (κ3) is 2.78. The van der Waals surface area contributed by atoms with Crippen molar-refractivity contribution in [3.63, 3.8) is 0 Å². The average molecular weight is 237 g/mol. The van der Waals surface area contributed by atoms with E-state index in [4.69, 9.17) is 0 Å². The highest BCUT2D eigenvalue weighted by Crippen LogP contribution is 2.35. The lowest BCUT2D eigenvalue weighted by Crippen LogP contribution is -2.47. The van der Waals surface area contributed by atoms with Crippen LogP contribution in [0.2, 0.25) is 0 Å². The number of hydrogen-bond donors (Lipinski definition) is 0. The van der Waals surface area contributed by atoms with Crippen molar-refractivity contribution in [1.29, 1.82) is 5.26 Å². The van der Waals surface area contributed by atoms with E-state index in [1.54, 1.807) is 4.90 Å². The highest BCUT2D eigenvalue weighted by molar-refractivity contribution is 5.78. The summed E-state index contributed by atoms with van der Waals surface area (Å²) in [5, 5.41) is 9.31. The van der Waals surface area contributed by atoms with Crippen molar-refractivity contribution < 1.29 is 4.79 Å². The zero-order chi connectivity index (χ0) is 13.1. The van der Waals surface area contributed by atoms with Gasteiger partial charge in [0, 0.05) is 19.5 Å². The summed E-state index contributed by atoms with van der Waals surface area (Å²) in [7, 11) is 5.74. The molecule has 0 heterocycles. The maximum absolute atomic E-state index is 12.0. The number of hydrogen-bond acceptors (Lipinski definition) is 3. The number of amides is 1. The van der Waals surface area contributed by atoms with Crippen molar-refractivity contribution in [3.8, 4) is 6.07 Å². The van der Waals surface area contributed by atoms with Crippen LogP contribution in [0.15, 0.2) is 0 Å². The van der Waals surface area contributed by atoms with Crippen LogP contribution in [0.25, 0.3) is 0 Å². The van der Waals surface area contributed by atoms with E-state index in [2.05, 4.69) is 6.07 Å². The molecule has 0 aromatic heterocycles. The molecule has 1 saturated carbocycles. The summed E-state index contributed by atoms with van der Waals surface area (Å²) in [6, 6.07) is 2.42. The highest BCUT2D eigenvalue weighted by Gasteiger charge is 2.39. The van der Waals surface area contributed by atoms with Crippen molar-refractivity contribution in [1.82, 2.24) is 9.80 Å². The predicted octanol–water partition coefficient (Wildman–Crippen LogP) is 1.48. The monoisotopic (exact) mass is 237 g/mol. The van der Waals surface area contributed by atoms with Crippen LogP contribution in [0.1, 0.15) is 32.6 Å². The molecular weight excluding hydrogens is 214 g/mol. The minimum absolute atomic E-state index is 0.112. The second-order valence-corrected chi connectivity index (χ2v) is 5.16. The van der Waals surface area contributed by atoms with E-state index in [9.17, 15) is 10.1 Å². The fraction of sp³-hybridized carbons (Fsp3) is 0.846. The molecule has 17 heavy (non-hydrogen) atoms. The Kier molecular flexibility index (Phi) is 4.53. The van der Waals surface area contributed by atoms with Crippen molar-refractivity contribution in [2.75, 3.05) is 27.7 Å². The first-order valence-electron chi connectivity index (χ1n) is 6.30. The molecule has 0 unspecified atom stereocenters. The van der Waals surface area contributed by atoms with Gasteiger partial charge in [-0.05, 0) is 46.7 Å². The van der Waals surface area contributed by atoms with Gasteiger partial charge in [-0.15, -0.1) is 0 Å². The Labute approximate surface area is 104 Å². The number of carbonyl (C=O) groups excluding carboxylic acids is 1. The summed E-state index contributed by atoms with van der Waals surface area (Å²) < 4.78 is 0. The van der Waals surface area contributed by atoms with E-state index in [1.165, 1.54) is 0 Å². The second kappa shape index (κ2) is 5.50. The van der Waals surface area contributed by atoms with E-state index in [0.29, 0.717) is 0 Å². The largest absolute Gasteiger partial charge is 0.346 e. The van der Waals surface area contributed by atoms with Crippen LogP contribution in [0.4, 0.5) is 0 Å². The summed E-state index contributed by atoms with van der Waals surface area (Å²) in [5.74, 6) is 0.346. The number of rotatable bonds is 3. The molecule has 1 aliphatic carbocycles.